The minimum Gasteiger partial charge on any atom is -0.497 e. The van der Waals surface area contributed by atoms with Crippen LogP contribution in [0.4, 0.5) is 0 Å². The van der Waals surface area contributed by atoms with Gasteiger partial charge in [-0.15, -0.1) is 0 Å². The van der Waals surface area contributed by atoms with Crippen molar-refractivity contribution in [3.8, 4) is 11.5 Å². The third-order valence-corrected chi connectivity index (χ3v) is 3.61. The molecule has 1 fully saturated rings. The highest BCUT2D eigenvalue weighted by molar-refractivity contribution is 5.42. The normalized spacial score (nSPS) is 20.4. The first-order chi connectivity index (χ1) is 9.74. The lowest BCUT2D eigenvalue weighted by Gasteiger charge is -2.26. The Kier molecular flexibility index (Phi) is 5.68. The average molecular weight is 279 g/mol. The van der Waals surface area contributed by atoms with E-state index in [1.54, 1.807) is 7.11 Å². The molecule has 1 aromatic carbocycles. The van der Waals surface area contributed by atoms with E-state index >= 15 is 0 Å². The maximum absolute atomic E-state index is 6.15. The Bertz CT molecular complexity index is 416. The van der Waals surface area contributed by atoms with Gasteiger partial charge in [0.05, 0.1) is 13.7 Å². The molecule has 1 saturated heterocycles. The third-order valence-electron chi connectivity index (χ3n) is 3.61. The van der Waals surface area contributed by atoms with Crippen molar-refractivity contribution in [2.24, 2.45) is 0 Å². The fraction of sp³-hybridized carbons (Fsp3) is 0.625. The summed E-state index contributed by atoms with van der Waals surface area (Å²) in [5, 5.41) is 3.42. The topological polar surface area (TPSA) is 39.7 Å². The summed E-state index contributed by atoms with van der Waals surface area (Å²) < 4.78 is 16.9. The zero-order valence-corrected chi connectivity index (χ0v) is 12.6. The minimum absolute atomic E-state index is 0.142. The maximum atomic E-state index is 6.15. The second-order valence-electron chi connectivity index (χ2n) is 5.14. The van der Waals surface area contributed by atoms with Gasteiger partial charge in [-0.3, -0.25) is 0 Å². The van der Waals surface area contributed by atoms with Gasteiger partial charge in [0.25, 0.3) is 0 Å². The zero-order valence-electron chi connectivity index (χ0n) is 12.6. The molecule has 4 heteroatoms. The zero-order chi connectivity index (χ0) is 14.4. The van der Waals surface area contributed by atoms with E-state index in [9.17, 15) is 0 Å². The van der Waals surface area contributed by atoms with Gasteiger partial charge in [0.2, 0.25) is 0 Å². The van der Waals surface area contributed by atoms with Crippen LogP contribution in [-0.2, 0) is 4.74 Å². The van der Waals surface area contributed by atoms with E-state index in [0.717, 1.165) is 37.5 Å². The van der Waals surface area contributed by atoms with Gasteiger partial charge >= 0.3 is 0 Å². The fourth-order valence-corrected chi connectivity index (χ4v) is 2.50. The van der Waals surface area contributed by atoms with E-state index in [0.29, 0.717) is 6.61 Å². The molecule has 1 heterocycles. The van der Waals surface area contributed by atoms with Crippen molar-refractivity contribution in [2.75, 3.05) is 26.9 Å². The highest BCUT2D eigenvalue weighted by Crippen LogP contribution is 2.31. The van der Waals surface area contributed by atoms with Crippen molar-refractivity contribution in [3.63, 3.8) is 0 Å². The second kappa shape index (κ2) is 7.50. The molecule has 0 amide bonds. The molecule has 1 aliphatic rings. The Morgan fingerprint density at radius 1 is 1.45 bits per heavy atom. The number of benzene rings is 1. The summed E-state index contributed by atoms with van der Waals surface area (Å²) in [4.78, 5) is 0. The van der Waals surface area contributed by atoms with E-state index in [2.05, 4.69) is 25.2 Å². The number of hydrogen-bond donors (Lipinski definition) is 1. The van der Waals surface area contributed by atoms with Crippen molar-refractivity contribution in [1.82, 2.24) is 5.32 Å². The number of rotatable bonds is 6. The highest BCUT2D eigenvalue weighted by atomic mass is 16.5. The van der Waals surface area contributed by atoms with Gasteiger partial charge in [-0.2, -0.15) is 0 Å². The standard InChI is InChI=1S/C16H25NO3/c1-4-17-12(2)15-8-7-13(18-3)10-16(15)20-14-6-5-9-19-11-14/h7-8,10,12,14,17H,4-6,9,11H2,1-3H3. The Labute approximate surface area is 121 Å². The molecular weight excluding hydrogens is 254 g/mol. The van der Waals surface area contributed by atoms with Gasteiger partial charge in [-0.05, 0) is 32.4 Å². The maximum Gasteiger partial charge on any atom is 0.128 e. The molecule has 1 N–H and O–H groups in total. The van der Waals surface area contributed by atoms with Gasteiger partial charge in [0, 0.05) is 24.3 Å². The summed E-state index contributed by atoms with van der Waals surface area (Å²) in [6.07, 6.45) is 2.25. The van der Waals surface area contributed by atoms with Crippen LogP contribution in [0.15, 0.2) is 18.2 Å². The predicted octanol–water partition coefficient (Wildman–Crippen LogP) is 2.92. The lowest BCUT2D eigenvalue weighted by molar-refractivity contribution is 0.00679. The molecule has 0 aliphatic carbocycles. The van der Waals surface area contributed by atoms with E-state index in [4.69, 9.17) is 14.2 Å². The molecule has 0 spiro atoms. The van der Waals surface area contributed by atoms with Crippen LogP contribution in [0.25, 0.3) is 0 Å². The van der Waals surface area contributed by atoms with Gasteiger partial charge < -0.3 is 19.5 Å². The summed E-state index contributed by atoms with van der Waals surface area (Å²) >= 11 is 0. The average Bonchev–Trinajstić information content (AvgIpc) is 2.48. The number of ether oxygens (including phenoxy) is 3. The predicted molar refractivity (Wildman–Crippen MR) is 79.6 cm³/mol. The van der Waals surface area contributed by atoms with Gasteiger partial charge in [-0.25, -0.2) is 0 Å². The molecule has 0 aromatic heterocycles. The summed E-state index contributed by atoms with van der Waals surface area (Å²) in [5.74, 6) is 1.72. The van der Waals surface area contributed by atoms with Crippen LogP contribution < -0.4 is 14.8 Å². The molecule has 4 nitrogen and oxygen atoms in total. The first-order valence-electron chi connectivity index (χ1n) is 7.40. The molecule has 2 atom stereocenters. The van der Waals surface area contributed by atoms with E-state index in [1.165, 1.54) is 5.56 Å². The van der Waals surface area contributed by atoms with Crippen molar-refractivity contribution < 1.29 is 14.2 Å². The smallest absolute Gasteiger partial charge is 0.128 e. The van der Waals surface area contributed by atoms with E-state index in [1.807, 2.05) is 12.1 Å². The number of methoxy groups -OCH3 is 1. The molecular formula is C16H25NO3. The minimum atomic E-state index is 0.142. The van der Waals surface area contributed by atoms with Crippen LogP contribution >= 0.6 is 0 Å². The molecule has 0 bridgehead atoms. The van der Waals surface area contributed by atoms with Crippen molar-refractivity contribution in [3.05, 3.63) is 23.8 Å². The number of nitrogens with one attached hydrogen (secondary N) is 1. The Balaban J connectivity index is 2.17. The van der Waals surface area contributed by atoms with Crippen LogP contribution in [-0.4, -0.2) is 33.0 Å². The van der Waals surface area contributed by atoms with Gasteiger partial charge in [0.15, 0.2) is 0 Å². The fourth-order valence-electron chi connectivity index (χ4n) is 2.50. The SMILES string of the molecule is CCNC(C)c1ccc(OC)cc1OC1CCCOC1. The molecule has 1 aromatic rings. The second-order valence-corrected chi connectivity index (χ2v) is 5.14. The van der Waals surface area contributed by atoms with Crippen LogP contribution in [0.3, 0.4) is 0 Å². The van der Waals surface area contributed by atoms with Crippen LogP contribution in [0.5, 0.6) is 11.5 Å². The Morgan fingerprint density at radius 3 is 2.95 bits per heavy atom. The first-order valence-corrected chi connectivity index (χ1v) is 7.40. The molecule has 2 rings (SSSR count). The van der Waals surface area contributed by atoms with Crippen LogP contribution in [0, 0.1) is 0 Å². The monoisotopic (exact) mass is 279 g/mol. The molecule has 20 heavy (non-hydrogen) atoms. The molecule has 1 aliphatic heterocycles. The van der Waals surface area contributed by atoms with Gasteiger partial charge in [0.1, 0.15) is 17.6 Å². The van der Waals surface area contributed by atoms with E-state index in [-0.39, 0.29) is 12.1 Å². The Hall–Kier alpha value is -1.26. The summed E-state index contributed by atoms with van der Waals surface area (Å²) in [6, 6.07) is 6.28. The lowest BCUT2D eigenvalue weighted by atomic mass is 10.1. The van der Waals surface area contributed by atoms with E-state index < -0.39 is 0 Å². The van der Waals surface area contributed by atoms with Crippen LogP contribution in [0.1, 0.15) is 38.3 Å². The largest absolute Gasteiger partial charge is 0.497 e. The molecule has 0 radical (unpaired) electrons. The lowest BCUT2D eigenvalue weighted by Crippen LogP contribution is -2.29. The molecule has 0 saturated carbocycles. The van der Waals surface area contributed by atoms with Crippen molar-refractivity contribution >= 4 is 0 Å². The molecule has 2 unspecified atom stereocenters. The summed E-state index contributed by atoms with van der Waals surface area (Å²) in [5.41, 5.74) is 1.17. The first kappa shape index (κ1) is 15.1. The van der Waals surface area contributed by atoms with Crippen molar-refractivity contribution in [2.45, 2.75) is 38.8 Å². The third kappa shape index (κ3) is 3.87. The molecule has 112 valence electrons. The van der Waals surface area contributed by atoms with Crippen LogP contribution in [0.2, 0.25) is 0 Å². The Morgan fingerprint density at radius 2 is 2.30 bits per heavy atom. The highest BCUT2D eigenvalue weighted by Gasteiger charge is 2.19. The summed E-state index contributed by atoms with van der Waals surface area (Å²) in [7, 11) is 1.68. The quantitative estimate of drug-likeness (QED) is 0.869. The summed E-state index contributed by atoms with van der Waals surface area (Å²) in [6.45, 7) is 6.70. The van der Waals surface area contributed by atoms with Crippen molar-refractivity contribution in [1.29, 1.82) is 0 Å². The van der Waals surface area contributed by atoms with Gasteiger partial charge in [-0.1, -0.05) is 13.0 Å². The number of hydrogen-bond acceptors (Lipinski definition) is 4.